The normalized spacial score (nSPS) is 12.6. The highest BCUT2D eigenvalue weighted by Gasteiger charge is 2.14. The van der Waals surface area contributed by atoms with Gasteiger partial charge in [0.1, 0.15) is 11.3 Å². The second-order valence-corrected chi connectivity index (χ2v) is 5.48. The van der Waals surface area contributed by atoms with Gasteiger partial charge in [0, 0.05) is 28.9 Å². The molecule has 1 aromatic carbocycles. The van der Waals surface area contributed by atoms with Crippen LogP contribution in [0.3, 0.4) is 0 Å². The molecule has 4 rings (SSSR count). The van der Waals surface area contributed by atoms with Gasteiger partial charge < -0.3 is 15.0 Å². The predicted molar refractivity (Wildman–Crippen MR) is 90.8 cm³/mol. The van der Waals surface area contributed by atoms with Crippen LogP contribution in [0.5, 0.6) is 5.75 Å². The summed E-state index contributed by atoms with van der Waals surface area (Å²) in [6, 6.07) is 10.00. The molecule has 0 spiro atoms. The number of aromatic nitrogens is 4. The van der Waals surface area contributed by atoms with Crippen molar-refractivity contribution in [3.63, 3.8) is 0 Å². The Morgan fingerprint density at radius 1 is 1.22 bits per heavy atom. The van der Waals surface area contributed by atoms with Crippen LogP contribution in [-0.4, -0.2) is 27.3 Å². The maximum Gasteiger partial charge on any atom is 0.155 e. The number of anilines is 1. The highest BCUT2D eigenvalue weighted by atomic mass is 16.5. The van der Waals surface area contributed by atoms with Crippen molar-refractivity contribution >= 4 is 27.6 Å². The largest absolute Gasteiger partial charge is 0.497 e. The van der Waals surface area contributed by atoms with Crippen molar-refractivity contribution in [2.24, 2.45) is 0 Å². The number of H-pyrrole nitrogens is 2. The summed E-state index contributed by atoms with van der Waals surface area (Å²) in [5.41, 5.74) is 2.83. The van der Waals surface area contributed by atoms with Gasteiger partial charge in [-0.05, 0) is 37.3 Å². The highest BCUT2D eigenvalue weighted by Crippen LogP contribution is 2.31. The summed E-state index contributed by atoms with van der Waals surface area (Å²) in [6.07, 6.45) is 3.81. The summed E-state index contributed by atoms with van der Waals surface area (Å²) in [5.74, 6) is 1.57. The van der Waals surface area contributed by atoms with Crippen LogP contribution in [-0.2, 0) is 0 Å². The molecular formula is C17H17N5O. The lowest BCUT2D eigenvalue weighted by Crippen LogP contribution is -2.09. The van der Waals surface area contributed by atoms with E-state index in [1.807, 2.05) is 42.7 Å². The quantitative estimate of drug-likeness (QED) is 0.538. The van der Waals surface area contributed by atoms with Crippen molar-refractivity contribution in [2.75, 3.05) is 12.4 Å². The zero-order valence-corrected chi connectivity index (χ0v) is 12.9. The molecular weight excluding hydrogens is 290 g/mol. The molecule has 6 nitrogen and oxygen atoms in total. The molecule has 0 bridgehead atoms. The average molecular weight is 307 g/mol. The summed E-state index contributed by atoms with van der Waals surface area (Å²) in [5, 5.41) is 12.8. The average Bonchev–Trinajstić information content (AvgIpc) is 3.26. The lowest BCUT2D eigenvalue weighted by molar-refractivity contribution is 0.415. The number of nitrogens with one attached hydrogen (secondary N) is 3. The lowest BCUT2D eigenvalue weighted by Gasteiger charge is -2.14. The molecule has 1 atom stereocenters. The van der Waals surface area contributed by atoms with Gasteiger partial charge in [-0.15, -0.1) is 0 Å². The first kappa shape index (κ1) is 13.6. The molecule has 3 heterocycles. The minimum absolute atomic E-state index is 0.105. The molecule has 1 unspecified atom stereocenters. The third kappa shape index (κ3) is 2.28. The van der Waals surface area contributed by atoms with Gasteiger partial charge in [-0.25, -0.2) is 4.98 Å². The number of nitrogens with zero attached hydrogens (tertiary/aromatic N) is 2. The SMILES string of the molecule is COc1ccc2nc(NC(C)c3ccc[nH]3)c3n[nH]cc3c2c1. The molecule has 0 aliphatic rings. The van der Waals surface area contributed by atoms with Gasteiger partial charge in [0.25, 0.3) is 0 Å². The van der Waals surface area contributed by atoms with E-state index in [4.69, 9.17) is 9.72 Å². The first-order chi connectivity index (χ1) is 11.3. The summed E-state index contributed by atoms with van der Waals surface area (Å²) in [4.78, 5) is 7.95. The van der Waals surface area contributed by atoms with Crippen LogP contribution in [0, 0.1) is 0 Å². The van der Waals surface area contributed by atoms with Gasteiger partial charge >= 0.3 is 0 Å². The Morgan fingerprint density at radius 2 is 2.13 bits per heavy atom. The summed E-state index contributed by atoms with van der Waals surface area (Å²) in [6.45, 7) is 2.09. The number of aromatic amines is 2. The zero-order valence-electron chi connectivity index (χ0n) is 12.9. The van der Waals surface area contributed by atoms with E-state index in [2.05, 4.69) is 27.4 Å². The van der Waals surface area contributed by atoms with Crippen molar-refractivity contribution in [3.05, 3.63) is 48.4 Å². The number of rotatable bonds is 4. The van der Waals surface area contributed by atoms with E-state index in [0.29, 0.717) is 0 Å². The van der Waals surface area contributed by atoms with Crippen LogP contribution in [0.4, 0.5) is 5.82 Å². The Bertz CT molecular complexity index is 958. The molecule has 0 aliphatic heterocycles. The maximum atomic E-state index is 5.31. The Kier molecular flexibility index (Phi) is 3.15. The molecule has 0 saturated heterocycles. The van der Waals surface area contributed by atoms with E-state index in [9.17, 15) is 0 Å². The van der Waals surface area contributed by atoms with Gasteiger partial charge in [0.2, 0.25) is 0 Å². The molecule has 3 aromatic heterocycles. The van der Waals surface area contributed by atoms with Crippen LogP contribution < -0.4 is 10.1 Å². The van der Waals surface area contributed by atoms with E-state index in [1.165, 1.54) is 0 Å². The van der Waals surface area contributed by atoms with Crippen LogP contribution in [0.15, 0.2) is 42.7 Å². The summed E-state index contributed by atoms with van der Waals surface area (Å²) >= 11 is 0. The second-order valence-electron chi connectivity index (χ2n) is 5.48. The molecule has 0 fully saturated rings. The summed E-state index contributed by atoms with van der Waals surface area (Å²) in [7, 11) is 1.66. The number of ether oxygens (including phenoxy) is 1. The molecule has 3 N–H and O–H groups in total. The number of hydrogen-bond donors (Lipinski definition) is 3. The van der Waals surface area contributed by atoms with Gasteiger partial charge in [0.15, 0.2) is 5.82 Å². The third-order valence-electron chi connectivity index (χ3n) is 4.03. The van der Waals surface area contributed by atoms with Gasteiger partial charge in [-0.1, -0.05) is 0 Å². The fourth-order valence-electron chi connectivity index (χ4n) is 2.80. The monoisotopic (exact) mass is 307 g/mol. The fourth-order valence-corrected chi connectivity index (χ4v) is 2.80. The van der Waals surface area contributed by atoms with E-state index < -0.39 is 0 Å². The van der Waals surface area contributed by atoms with E-state index in [1.54, 1.807) is 7.11 Å². The van der Waals surface area contributed by atoms with Crippen molar-refractivity contribution in [1.82, 2.24) is 20.2 Å². The van der Waals surface area contributed by atoms with Crippen molar-refractivity contribution in [1.29, 1.82) is 0 Å². The molecule has 0 radical (unpaired) electrons. The van der Waals surface area contributed by atoms with Crippen LogP contribution in [0.25, 0.3) is 21.8 Å². The number of fused-ring (bicyclic) bond motifs is 3. The van der Waals surface area contributed by atoms with Gasteiger partial charge in [0.05, 0.1) is 18.7 Å². The first-order valence-electron chi connectivity index (χ1n) is 7.47. The number of methoxy groups -OCH3 is 1. The first-order valence-corrected chi connectivity index (χ1v) is 7.47. The van der Waals surface area contributed by atoms with Crippen LogP contribution in [0.2, 0.25) is 0 Å². The maximum absolute atomic E-state index is 5.31. The smallest absolute Gasteiger partial charge is 0.155 e. The highest BCUT2D eigenvalue weighted by molar-refractivity contribution is 6.08. The Balaban J connectivity index is 1.84. The zero-order chi connectivity index (χ0) is 15.8. The van der Waals surface area contributed by atoms with E-state index >= 15 is 0 Å². The minimum Gasteiger partial charge on any atom is -0.497 e. The molecule has 0 amide bonds. The Morgan fingerprint density at radius 3 is 2.91 bits per heavy atom. The number of pyridine rings is 1. The Labute approximate surface area is 132 Å². The molecule has 0 saturated carbocycles. The topological polar surface area (TPSA) is 78.6 Å². The standard InChI is InChI=1S/C17H17N5O/c1-10(14-4-3-7-18-14)20-17-16-13(9-19-22-16)12-8-11(23-2)5-6-15(12)21-17/h3-10,18H,1-2H3,(H,19,22)(H,20,21). The molecule has 0 aliphatic carbocycles. The van der Waals surface area contributed by atoms with Gasteiger partial charge in [-0.2, -0.15) is 5.10 Å². The predicted octanol–water partition coefficient (Wildman–Crippen LogP) is 3.62. The van der Waals surface area contributed by atoms with Crippen LogP contribution >= 0.6 is 0 Å². The van der Waals surface area contributed by atoms with E-state index in [-0.39, 0.29) is 6.04 Å². The third-order valence-corrected chi connectivity index (χ3v) is 4.03. The fraction of sp³-hybridized carbons (Fsp3) is 0.176. The van der Waals surface area contributed by atoms with E-state index in [0.717, 1.165) is 39.1 Å². The van der Waals surface area contributed by atoms with Crippen LogP contribution in [0.1, 0.15) is 18.7 Å². The lowest BCUT2D eigenvalue weighted by atomic mass is 10.1. The van der Waals surface area contributed by atoms with Crippen molar-refractivity contribution in [2.45, 2.75) is 13.0 Å². The molecule has 116 valence electrons. The minimum atomic E-state index is 0.105. The summed E-state index contributed by atoms with van der Waals surface area (Å²) < 4.78 is 5.31. The van der Waals surface area contributed by atoms with Gasteiger partial charge in [-0.3, -0.25) is 5.10 Å². The molecule has 6 heteroatoms. The molecule has 23 heavy (non-hydrogen) atoms. The second kappa shape index (κ2) is 5.31. The van der Waals surface area contributed by atoms with Crippen molar-refractivity contribution < 1.29 is 4.74 Å². The Hall–Kier alpha value is -3.02. The van der Waals surface area contributed by atoms with Crippen molar-refractivity contribution in [3.8, 4) is 5.75 Å². The number of hydrogen-bond acceptors (Lipinski definition) is 4. The molecule has 4 aromatic rings. The number of benzene rings is 1.